The van der Waals surface area contributed by atoms with Crippen LogP contribution in [0.1, 0.15) is 25.8 Å². The zero-order chi connectivity index (χ0) is 15.9. The summed E-state index contributed by atoms with van der Waals surface area (Å²) in [5.74, 6) is 1.54. The molecule has 0 heterocycles. The van der Waals surface area contributed by atoms with Crippen molar-refractivity contribution in [2.45, 2.75) is 26.8 Å². The fourth-order valence-electron chi connectivity index (χ4n) is 1.85. The number of ether oxygens (including phenoxy) is 1. The number of para-hydroxylation sites is 1. The second-order valence-electron chi connectivity index (χ2n) is 5.58. The number of benzene rings is 1. The number of nitrogens with one attached hydrogen (secondary N) is 1. The summed E-state index contributed by atoms with van der Waals surface area (Å²) in [6.07, 6.45) is 1.74. The smallest absolute Gasteiger partial charge is 0.147 e. The van der Waals surface area contributed by atoms with Gasteiger partial charge in [0.05, 0.1) is 16.8 Å². The van der Waals surface area contributed by atoms with Crippen molar-refractivity contribution in [1.82, 2.24) is 5.32 Å². The van der Waals surface area contributed by atoms with Crippen LogP contribution in [0.15, 0.2) is 22.7 Å². The Balaban J connectivity index is 2.58. The van der Waals surface area contributed by atoms with Crippen LogP contribution in [0.25, 0.3) is 0 Å². The molecular formula is C15H24BrNO3S. The minimum absolute atomic E-state index is 0.151. The topological polar surface area (TPSA) is 55.4 Å². The molecule has 0 radical (unpaired) electrons. The lowest BCUT2D eigenvalue weighted by Crippen LogP contribution is -2.19. The van der Waals surface area contributed by atoms with E-state index in [2.05, 4.69) is 35.1 Å². The average Bonchev–Trinajstić information content (AvgIpc) is 2.35. The van der Waals surface area contributed by atoms with Gasteiger partial charge in [0.1, 0.15) is 15.6 Å². The third kappa shape index (κ3) is 7.83. The normalized spacial score (nSPS) is 11.9. The van der Waals surface area contributed by atoms with E-state index in [0.29, 0.717) is 18.9 Å². The zero-order valence-electron chi connectivity index (χ0n) is 12.9. The number of sulfone groups is 1. The highest BCUT2D eigenvalue weighted by Gasteiger charge is 2.09. The standard InChI is InChI=1S/C15H24BrNO3S/c1-12(2)10-17-11-13-6-4-7-14(16)15(13)20-8-5-9-21(3,18)19/h4,6-7,12,17H,5,8-11H2,1-3H3. The van der Waals surface area contributed by atoms with Gasteiger partial charge in [-0.25, -0.2) is 8.42 Å². The second kappa shape index (κ2) is 8.76. The van der Waals surface area contributed by atoms with Gasteiger partial charge in [0.2, 0.25) is 0 Å². The molecule has 0 aliphatic rings. The summed E-state index contributed by atoms with van der Waals surface area (Å²) in [4.78, 5) is 0. The first-order valence-electron chi connectivity index (χ1n) is 7.08. The predicted molar refractivity (Wildman–Crippen MR) is 90.5 cm³/mol. The molecule has 1 aromatic carbocycles. The van der Waals surface area contributed by atoms with E-state index in [-0.39, 0.29) is 5.75 Å². The summed E-state index contributed by atoms with van der Waals surface area (Å²) in [7, 11) is -2.93. The van der Waals surface area contributed by atoms with Gasteiger partial charge in [-0.3, -0.25) is 0 Å². The maximum absolute atomic E-state index is 11.1. The molecule has 0 aromatic heterocycles. The first kappa shape index (κ1) is 18.5. The zero-order valence-corrected chi connectivity index (χ0v) is 15.3. The van der Waals surface area contributed by atoms with E-state index in [1.807, 2.05) is 18.2 Å². The highest BCUT2D eigenvalue weighted by molar-refractivity contribution is 9.10. The van der Waals surface area contributed by atoms with Crippen molar-refractivity contribution >= 4 is 25.8 Å². The van der Waals surface area contributed by atoms with Gasteiger partial charge in [-0.05, 0) is 40.9 Å². The molecule has 120 valence electrons. The highest BCUT2D eigenvalue weighted by atomic mass is 79.9. The average molecular weight is 378 g/mol. The summed E-state index contributed by atoms with van der Waals surface area (Å²) in [5.41, 5.74) is 1.07. The van der Waals surface area contributed by atoms with Gasteiger partial charge in [0, 0.05) is 18.4 Å². The summed E-state index contributed by atoms with van der Waals surface area (Å²) in [6, 6.07) is 5.92. The van der Waals surface area contributed by atoms with Crippen molar-refractivity contribution in [3.05, 3.63) is 28.2 Å². The number of rotatable bonds is 9. The molecule has 0 spiro atoms. The highest BCUT2D eigenvalue weighted by Crippen LogP contribution is 2.29. The van der Waals surface area contributed by atoms with Crippen molar-refractivity contribution in [2.24, 2.45) is 5.92 Å². The van der Waals surface area contributed by atoms with E-state index in [0.717, 1.165) is 28.9 Å². The van der Waals surface area contributed by atoms with Gasteiger partial charge >= 0.3 is 0 Å². The Morgan fingerprint density at radius 3 is 2.67 bits per heavy atom. The van der Waals surface area contributed by atoms with E-state index < -0.39 is 9.84 Å². The van der Waals surface area contributed by atoms with Crippen molar-refractivity contribution < 1.29 is 13.2 Å². The Labute approximate surface area is 136 Å². The molecule has 0 aliphatic carbocycles. The molecule has 0 saturated carbocycles. The van der Waals surface area contributed by atoms with Gasteiger partial charge in [-0.2, -0.15) is 0 Å². The lowest BCUT2D eigenvalue weighted by Gasteiger charge is -2.14. The van der Waals surface area contributed by atoms with E-state index in [9.17, 15) is 8.42 Å². The third-order valence-electron chi connectivity index (χ3n) is 2.82. The third-order valence-corrected chi connectivity index (χ3v) is 4.48. The van der Waals surface area contributed by atoms with E-state index >= 15 is 0 Å². The van der Waals surface area contributed by atoms with Gasteiger partial charge in [0.15, 0.2) is 0 Å². The monoisotopic (exact) mass is 377 g/mol. The largest absolute Gasteiger partial charge is 0.492 e. The van der Waals surface area contributed by atoms with Crippen LogP contribution >= 0.6 is 15.9 Å². The van der Waals surface area contributed by atoms with E-state index in [4.69, 9.17) is 4.74 Å². The van der Waals surface area contributed by atoms with Crippen LogP contribution < -0.4 is 10.1 Å². The maximum Gasteiger partial charge on any atom is 0.147 e. The van der Waals surface area contributed by atoms with Crippen LogP contribution in [0, 0.1) is 5.92 Å². The molecular weight excluding hydrogens is 354 g/mol. The summed E-state index contributed by atoms with van der Waals surface area (Å²) < 4.78 is 28.9. The van der Waals surface area contributed by atoms with Crippen LogP contribution in [-0.2, 0) is 16.4 Å². The molecule has 0 aliphatic heterocycles. The number of halogens is 1. The SMILES string of the molecule is CC(C)CNCc1cccc(Br)c1OCCCS(C)(=O)=O. The first-order valence-corrected chi connectivity index (χ1v) is 9.93. The molecule has 4 nitrogen and oxygen atoms in total. The van der Waals surface area contributed by atoms with Gasteiger partial charge in [-0.15, -0.1) is 0 Å². The Morgan fingerprint density at radius 2 is 2.05 bits per heavy atom. The Morgan fingerprint density at radius 1 is 1.33 bits per heavy atom. The van der Waals surface area contributed by atoms with Crippen LogP contribution in [0.3, 0.4) is 0 Å². The Kier molecular flexibility index (Phi) is 7.70. The molecule has 1 N–H and O–H groups in total. The van der Waals surface area contributed by atoms with E-state index in [1.165, 1.54) is 6.26 Å². The summed E-state index contributed by atoms with van der Waals surface area (Å²) in [6.45, 7) is 6.40. The minimum atomic E-state index is -2.93. The van der Waals surface area contributed by atoms with Crippen LogP contribution in [0.2, 0.25) is 0 Å². The van der Waals surface area contributed by atoms with Gasteiger partial charge in [0.25, 0.3) is 0 Å². The molecule has 1 aromatic rings. The lowest BCUT2D eigenvalue weighted by atomic mass is 10.2. The molecule has 6 heteroatoms. The van der Waals surface area contributed by atoms with Crippen LogP contribution in [-0.4, -0.2) is 33.6 Å². The quantitative estimate of drug-likeness (QED) is 0.672. The molecule has 0 bridgehead atoms. The molecule has 0 fully saturated rings. The maximum atomic E-state index is 11.1. The molecule has 0 unspecified atom stereocenters. The van der Waals surface area contributed by atoms with Crippen molar-refractivity contribution in [1.29, 1.82) is 0 Å². The molecule has 0 atom stereocenters. The van der Waals surface area contributed by atoms with Crippen LogP contribution in [0.4, 0.5) is 0 Å². The Bertz CT molecular complexity index is 544. The molecule has 1 rings (SSSR count). The Hall–Kier alpha value is -0.590. The first-order chi connectivity index (χ1) is 9.79. The molecule has 21 heavy (non-hydrogen) atoms. The van der Waals surface area contributed by atoms with E-state index in [1.54, 1.807) is 0 Å². The van der Waals surface area contributed by atoms with Gasteiger partial charge < -0.3 is 10.1 Å². The second-order valence-corrected chi connectivity index (χ2v) is 8.70. The van der Waals surface area contributed by atoms with Crippen molar-refractivity contribution in [2.75, 3.05) is 25.2 Å². The molecule has 0 saturated heterocycles. The predicted octanol–water partition coefficient (Wildman–Crippen LogP) is 3.01. The fraction of sp³-hybridized carbons (Fsp3) is 0.600. The van der Waals surface area contributed by atoms with Crippen LogP contribution in [0.5, 0.6) is 5.75 Å². The lowest BCUT2D eigenvalue weighted by molar-refractivity contribution is 0.311. The number of hydrogen-bond acceptors (Lipinski definition) is 4. The van der Waals surface area contributed by atoms with Gasteiger partial charge in [-0.1, -0.05) is 26.0 Å². The number of hydrogen-bond donors (Lipinski definition) is 1. The van der Waals surface area contributed by atoms with Crippen molar-refractivity contribution in [3.63, 3.8) is 0 Å². The van der Waals surface area contributed by atoms with Crippen molar-refractivity contribution in [3.8, 4) is 5.75 Å². The molecule has 0 amide bonds. The summed E-state index contributed by atoms with van der Waals surface area (Å²) in [5, 5.41) is 3.39. The fourth-order valence-corrected chi connectivity index (χ4v) is 3.01. The summed E-state index contributed by atoms with van der Waals surface area (Å²) >= 11 is 3.49. The minimum Gasteiger partial charge on any atom is -0.492 e.